The van der Waals surface area contributed by atoms with Gasteiger partial charge in [-0.15, -0.1) is 0 Å². The predicted octanol–water partition coefficient (Wildman–Crippen LogP) is 5.24. The lowest BCUT2D eigenvalue weighted by molar-refractivity contribution is 0.265. The Morgan fingerprint density at radius 2 is 1.72 bits per heavy atom. The molecule has 1 atom stereocenters. The summed E-state index contributed by atoms with van der Waals surface area (Å²) in [7, 11) is 1.98. The second-order valence-corrected chi connectivity index (χ2v) is 10.3. The van der Waals surface area contributed by atoms with E-state index in [1.165, 1.54) is 0 Å². The zero-order valence-corrected chi connectivity index (χ0v) is 20.0. The Morgan fingerprint density at radius 1 is 1.00 bits per heavy atom. The van der Waals surface area contributed by atoms with Crippen LogP contribution in [0.25, 0.3) is 11.1 Å². The van der Waals surface area contributed by atoms with Gasteiger partial charge in [0.15, 0.2) is 0 Å². The molecule has 3 aromatic rings. The van der Waals surface area contributed by atoms with E-state index in [-0.39, 0.29) is 4.90 Å². The van der Waals surface area contributed by atoms with E-state index in [9.17, 15) is 8.42 Å². The molecule has 0 spiro atoms. The maximum Gasteiger partial charge on any atom is 0.262 e. The molecule has 0 saturated carbocycles. The number of hydrogen-bond donors (Lipinski definition) is 1. The van der Waals surface area contributed by atoms with Gasteiger partial charge in [-0.05, 0) is 74.8 Å². The summed E-state index contributed by atoms with van der Waals surface area (Å²) < 4.78 is 35.4. The van der Waals surface area contributed by atoms with Gasteiger partial charge in [-0.3, -0.25) is 4.72 Å². The topological polar surface area (TPSA) is 58.6 Å². The van der Waals surface area contributed by atoms with Crippen molar-refractivity contribution in [3.63, 3.8) is 0 Å². The maximum atomic E-state index is 13.5. The molecule has 32 heavy (non-hydrogen) atoms. The van der Waals surface area contributed by atoms with Crippen LogP contribution in [0.2, 0.25) is 5.02 Å². The van der Waals surface area contributed by atoms with Crippen LogP contribution in [0.4, 0.5) is 5.69 Å². The molecule has 0 radical (unpaired) electrons. The molecule has 5 nitrogen and oxygen atoms in total. The van der Waals surface area contributed by atoms with Crippen LogP contribution in [-0.4, -0.2) is 40.6 Å². The lowest BCUT2D eigenvalue weighted by atomic mass is 9.86. The number of hydrogen-bond acceptors (Lipinski definition) is 4. The fourth-order valence-corrected chi connectivity index (χ4v) is 5.78. The zero-order valence-electron chi connectivity index (χ0n) is 18.4. The van der Waals surface area contributed by atoms with Crippen molar-refractivity contribution in [1.82, 2.24) is 4.90 Å². The van der Waals surface area contributed by atoms with E-state index in [0.29, 0.717) is 22.3 Å². The number of rotatable bonds is 6. The molecular weight excluding hydrogens is 444 g/mol. The van der Waals surface area contributed by atoms with Gasteiger partial charge in [-0.2, -0.15) is 0 Å². The van der Waals surface area contributed by atoms with Crippen molar-refractivity contribution >= 4 is 27.3 Å². The minimum Gasteiger partial charge on any atom is -0.496 e. The van der Waals surface area contributed by atoms with Crippen molar-refractivity contribution in [2.24, 2.45) is 0 Å². The third kappa shape index (κ3) is 4.49. The Bertz CT molecular complexity index is 1220. The zero-order chi connectivity index (χ0) is 22.9. The molecular formula is C25H27ClN2O3S. The van der Waals surface area contributed by atoms with Gasteiger partial charge in [0.25, 0.3) is 10.0 Å². The second-order valence-electron chi connectivity index (χ2n) is 8.24. The summed E-state index contributed by atoms with van der Waals surface area (Å²) >= 11 is 6.01. The summed E-state index contributed by atoms with van der Waals surface area (Å²) in [4.78, 5) is 2.44. The van der Waals surface area contributed by atoms with Gasteiger partial charge < -0.3 is 9.64 Å². The Labute approximate surface area is 195 Å². The molecule has 1 aliphatic carbocycles. The van der Waals surface area contributed by atoms with E-state index < -0.39 is 10.0 Å². The van der Waals surface area contributed by atoms with Gasteiger partial charge in [0.1, 0.15) is 5.75 Å². The van der Waals surface area contributed by atoms with Crippen molar-refractivity contribution < 1.29 is 13.2 Å². The number of nitrogens with one attached hydrogen (secondary N) is 1. The Morgan fingerprint density at radius 3 is 2.41 bits per heavy atom. The first-order valence-corrected chi connectivity index (χ1v) is 12.4. The van der Waals surface area contributed by atoms with Gasteiger partial charge in [-0.1, -0.05) is 41.9 Å². The van der Waals surface area contributed by atoms with Crippen LogP contribution in [0.1, 0.15) is 17.5 Å². The fourth-order valence-electron chi connectivity index (χ4n) is 4.33. The molecule has 0 saturated heterocycles. The largest absolute Gasteiger partial charge is 0.496 e. The number of methoxy groups -OCH3 is 1. The highest BCUT2D eigenvalue weighted by molar-refractivity contribution is 7.92. The highest BCUT2D eigenvalue weighted by Gasteiger charge is 2.27. The Kier molecular flexibility index (Phi) is 6.47. The van der Waals surface area contributed by atoms with Crippen LogP contribution in [0.15, 0.2) is 65.6 Å². The minimum atomic E-state index is -3.82. The van der Waals surface area contributed by atoms with Gasteiger partial charge >= 0.3 is 0 Å². The first kappa shape index (κ1) is 22.6. The van der Waals surface area contributed by atoms with E-state index in [4.69, 9.17) is 16.3 Å². The summed E-state index contributed by atoms with van der Waals surface area (Å²) in [5.41, 5.74) is 4.12. The van der Waals surface area contributed by atoms with Crippen LogP contribution in [0.5, 0.6) is 5.75 Å². The average molecular weight is 471 g/mol. The Balaban J connectivity index is 1.73. The SMILES string of the molecule is COc1ccc(NS(=O)(=O)c2ccccc2-c2ccc(Cl)cc2)c2c1CC(N(C)C)CC2. The minimum absolute atomic E-state index is 0.230. The standard InChI is InChI=1S/C25H27ClN2O3S/c1-28(2)19-12-13-21-22(16-19)24(31-3)15-14-23(21)27-32(29,30)25-7-5-4-6-20(25)17-8-10-18(26)11-9-17/h4-11,14-15,19,27H,12-13,16H2,1-3H3. The highest BCUT2D eigenvalue weighted by Crippen LogP contribution is 2.37. The molecule has 0 amide bonds. The van der Waals surface area contributed by atoms with Crippen LogP contribution in [0, 0.1) is 0 Å². The predicted molar refractivity (Wildman–Crippen MR) is 130 cm³/mol. The fraction of sp³-hybridized carbons (Fsp3) is 0.280. The van der Waals surface area contributed by atoms with Crippen molar-refractivity contribution in [2.45, 2.75) is 30.2 Å². The second kappa shape index (κ2) is 9.14. The molecule has 0 fully saturated rings. The Hall–Kier alpha value is -2.54. The molecule has 0 aromatic heterocycles. The van der Waals surface area contributed by atoms with Crippen LogP contribution >= 0.6 is 11.6 Å². The number of likely N-dealkylation sites (N-methyl/N-ethyl adjacent to an activating group) is 1. The van der Waals surface area contributed by atoms with Gasteiger partial charge in [0, 0.05) is 22.2 Å². The molecule has 1 N–H and O–H groups in total. The van der Waals surface area contributed by atoms with Gasteiger partial charge in [0.2, 0.25) is 0 Å². The summed E-state index contributed by atoms with van der Waals surface area (Å²) in [6.07, 6.45) is 2.57. The molecule has 0 heterocycles. The third-order valence-corrected chi connectivity index (χ3v) is 7.76. The summed E-state index contributed by atoms with van der Waals surface area (Å²) in [6.45, 7) is 0. The van der Waals surface area contributed by atoms with E-state index in [0.717, 1.165) is 41.7 Å². The van der Waals surface area contributed by atoms with E-state index in [1.807, 2.05) is 30.3 Å². The van der Waals surface area contributed by atoms with E-state index in [1.54, 1.807) is 37.4 Å². The molecule has 1 aliphatic rings. The van der Waals surface area contributed by atoms with Crippen LogP contribution in [0.3, 0.4) is 0 Å². The van der Waals surface area contributed by atoms with Crippen molar-refractivity contribution in [3.8, 4) is 16.9 Å². The summed E-state index contributed by atoms with van der Waals surface area (Å²) in [5.74, 6) is 0.802. The van der Waals surface area contributed by atoms with E-state index >= 15 is 0 Å². The number of sulfonamides is 1. The average Bonchev–Trinajstić information content (AvgIpc) is 2.79. The monoisotopic (exact) mass is 470 g/mol. The molecule has 1 unspecified atom stereocenters. The molecule has 4 rings (SSSR count). The summed E-state index contributed by atoms with van der Waals surface area (Å²) in [5, 5.41) is 0.605. The maximum absolute atomic E-state index is 13.5. The number of benzene rings is 3. The lowest BCUT2D eigenvalue weighted by Gasteiger charge is -2.32. The molecule has 0 bridgehead atoms. The normalized spacial score (nSPS) is 16.0. The third-order valence-electron chi connectivity index (χ3n) is 6.08. The van der Waals surface area contributed by atoms with Crippen LogP contribution < -0.4 is 9.46 Å². The van der Waals surface area contributed by atoms with Crippen LogP contribution in [-0.2, 0) is 22.9 Å². The smallest absolute Gasteiger partial charge is 0.262 e. The van der Waals surface area contributed by atoms with Gasteiger partial charge in [0.05, 0.1) is 17.7 Å². The summed E-state index contributed by atoms with van der Waals surface area (Å²) in [6, 6.07) is 18.2. The van der Waals surface area contributed by atoms with Crippen molar-refractivity contribution in [1.29, 1.82) is 0 Å². The number of ether oxygens (including phenoxy) is 1. The molecule has 0 aliphatic heterocycles. The van der Waals surface area contributed by atoms with Crippen molar-refractivity contribution in [3.05, 3.63) is 76.8 Å². The van der Waals surface area contributed by atoms with Crippen molar-refractivity contribution in [2.75, 3.05) is 25.9 Å². The molecule has 7 heteroatoms. The lowest BCUT2D eigenvalue weighted by Crippen LogP contribution is -2.34. The number of nitrogens with zero attached hydrogens (tertiary/aromatic N) is 1. The van der Waals surface area contributed by atoms with E-state index in [2.05, 4.69) is 23.7 Å². The number of fused-ring (bicyclic) bond motifs is 1. The number of halogens is 1. The molecule has 168 valence electrons. The highest BCUT2D eigenvalue weighted by atomic mass is 35.5. The quantitative estimate of drug-likeness (QED) is 0.535. The first-order chi connectivity index (χ1) is 15.3. The van der Waals surface area contributed by atoms with Gasteiger partial charge in [-0.25, -0.2) is 8.42 Å². The number of anilines is 1. The first-order valence-electron chi connectivity index (χ1n) is 10.5. The molecule has 3 aromatic carbocycles.